The zero-order chi connectivity index (χ0) is 34.9. The third kappa shape index (κ3) is 5.42. The van der Waals surface area contributed by atoms with Gasteiger partial charge in [0.15, 0.2) is 6.10 Å². The van der Waals surface area contributed by atoms with Crippen molar-refractivity contribution in [2.45, 2.75) is 131 Å². The van der Waals surface area contributed by atoms with E-state index in [-0.39, 0.29) is 23.7 Å². The largest absolute Gasteiger partial charge is 0.472 e. The Kier molecular flexibility index (Phi) is 9.04. The summed E-state index contributed by atoms with van der Waals surface area (Å²) < 4.78 is 30.3. The number of esters is 4. The lowest BCUT2D eigenvalue weighted by Crippen LogP contribution is -2.72. The molecule has 1 heterocycles. The highest BCUT2D eigenvalue weighted by Gasteiger charge is 2.74. The molecule has 0 radical (unpaired) electrons. The van der Waals surface area contributed by atoms with Gasteiger partial charge in [0.1, 0.15) is 24.4 Å². The third-order valence-corrected chi connectivity index (χ3v) is 12.8. The van der Waals surface area contributed by atoms with Crippen LogP contribution in [0.3, 0.4) is 0 Å². The van der Waals surface area contributed by atoms with E-state index in [9.17, 15) is 24.3 Å². The molecule has 1 aromatic rings. The summed E-state index contributed by atoms with van der Waals surface area (Å²) in [5.41, 5.74) is -0.800. The first-order valence-corrected chi connectivity index (χ1v) is 16.9. The number of hydrogen-bond acceptors (Lipinski definition) is 10. The van der Waals surface area contributed by atoms with Crippen molar-refractivity contribution < 1.29 is 47.6 Å². The minimum Gasteiger partial charge on any atom is -0.472 e. The topological polar surface area (TPSA) is 139 Å². The van der Waals surface area contributed by atoms with Crippen LogP contribution in [0.15, 0.2) is 34.7 Å². The van der Waals surface area contributed by atoms with Crippen molar-refractivity contribution in [2.75, 3.05) is 0 Å². The highest BCUT2D eigenvalue weighted by molar-refractivity contribution is 5.75. The van der Waals surface area contributed by atoms with Crippen LogP contribution < -0.4 is 0 Å². The maximum atomic E-state index is 13.6. The molecule has 3 fully saturated rings. The summed E-state index contributed by atoms with van der Waals surface area (Å²) >= 11 is 0. The van der Waals surface area contributed by atoms with Crippen LogP contribution in [0.25, 0.3) is 0 Å². The summed E-state index contributed by atoms with van der Waals surface area (Å²) in [5.74, 6) is -2.95. The van der Waals surface area contributed by atoms with Gasteiger partial charge in [-0.15, -0.1) is 0 Å². The number of fused-ring (bicyclic) bond motifs is 5. The molecule has 260 valence electrons. The number of ether oxygens (including phenoxy) is 4. The fraction of sp³-hybridized carbons (Fsp3) is 0.730. The van der Waals surface area contributed by atoms with Gasteiger partial charge >= 0.3 is 23.9 Å². The number of aliphatic hydroxyl groups is 1. The third-order valence-electron chi connectivity index (χ3n) is 12.8. The van der Waals surface area contributed by atoms with Crippen molar-refractivity contribution in [2.24, 2.45) is 39.4 Å². The molecule has 1 aromatic heterocycles. The fourth-order valence-electron chi connectivity index (χ4n) is 10.5. The van der Waals surface area contributed by atoms with Crippen molar-refractivity contribution in [1.29, 1.82) is 0 Å². The lowest BCUT2D eigenvalue weighted by molar-refractivity contribution is -0.270. The Hall–Kier alpha value is -3.14. The Balaban J connectivity index is 1.74. The maximum absolute atomic E-state index is 13.6. The molecule has 4 aliphatic rings. The summed E-state index contributed by atoms with van der Waals surface area (Å²) in [6, 6.07) is 1.94. The molecule has 0 unspecified atom stereocenters. The fourth-order valence-corrected chi connectivity index (χ4v) is 10.5. The molecule has 1 N–H and O–H groups in total. The lowest BCUT2D eigenvalue weighted by atomic mass is 9.36. The average molecular weight is 657 g/mol. The highest BCUT2D eigenvalue weighted by atomic mass is 16.6. The summed E-state index contributed by atoms with van der Waals surface area (Å²) in [5, 5.41) is 10.8. The second-order valence-corrected chi connectivity index (χ2v) is 15.9. The number of rotatable bonds is 7. The SMILES string of the molecule is CC(=O)O[C@H]1C[C@@H](OC(C)=O)C(C)(C)[C@@H]2C[C@H](OC(=O)[C@H](O)C(C)C)[C@@]3(C)C4=CC[C@H](c5ccoc5)[C@]4(C)[C@H](OC(C)=O)C[C@H]3[C@@]12C. The van der Waals surface area contributed by atoms with Crippen LogP contribution in [0.1, 0.15) is 106 Å². The van der Waals surface area contributed by atoms with Gasteiger partial charge in [-0.05, 0) is 48.6 Å². The molecule has 0 amide bonds. The van der Waals surface area contributed by atoms with Crippen LogP contribution in [0.2, 0.25) is 0 Å². The highest BCUT2D eigenvalue weighted by Crippen LogP contribution is 2.74. The van der Waals surface area contributed by atoms with Crippen LogP contribution in [0, 0.1) is 39.4 Å². The molecule has 47 heavy (non-hydrogen) atoms. The molecule has 0 aromatic carbocycles. The van der Waals surface area contributed by atoms with Gasteiger partial charge in [-0.3, -0.25) is 14.4 Å². The normalized spacial score (nSPS) is 39.4. The van der Waals surface area contributed by atoms with Crippen LogP contribution in [0.4, 0.5) is 0 Å². The number of aliphatic hydroxyl groups excluding tert-OH is 1. The molecular formula is C37H52O10. The van der Waals surface area contributed by atoms with E-state index in [0.717, 1.165) is 11.1 Å². The predicted molar refractivity (Wildman–Crippen MR) is 170 cm³/mol. The smallest absolute Gasteiger partial charge is 0.335 e. The average Bonchev–Trinajstić information content (AvgIpc) is 3.61. The van der Waals surface area contributed by atoms with Crippen molar-refractivity contribution in [3.05, 3.63) is 35.8 Å². The van der Waals surface area contributed by atoms with E-state index < -0.39 is 76.1 Å². The van der Waals surface area contributed by atoms with Crippen LogP contribution in [0.5, 0.6) is 0 Å². The quantitative estimate of drug-likeness (QED) is 0.214. The number of carbonyl (C=O) groups excluding carboxylic acids is 4. The predicted octanol–water partition coefficient (Wildman–Crippen LogP) is 5.91. The number of carbonyl (C=O) groups is 4. The van der Waals surface area contributed by atoms with E-state index in [4.69, 9.17) is 23.4 Å². The van der Waals surface area contributed by atoms with Gasteiger partial charge in [0.2, 0.25) is 0 Å². The molecular weight excluding hydrogens is 604 g/mol. The van der Waals surface area contributed by atoms with Crippen LogP contribution in [-0.2, 0) is 38.1 Å². The minimum atomic E-state index is -1.31. The first kappa shape index (κ1) is 35.2. The van der Waals surface area contributed by atoms with E-state index in [0.29, 0.717) is 25.7 Å². The Morgan fingerprint density at radius 3 is 1.89 bits per heavy atom. The van der Waals surface area contributed by atoms with Crippen molar-refractivity contribution >= 4 is 23.9 Å². The summed E-state index contributed by atoms with van der Waals surface area (Å²) in [7, 11) is 0. The molecule has 0 spiro atoms. The van der Waals surface area contributed by atoms with Gasteiger partial charge in [0.05, 0.1) is 12.5 Å². The van der Waals surface area contributed by atoms with E-state index in [1.54, 1.807) is 26.4 Å². The van der Waals surface area contributed by atoms with Crippen molar-refractivity contribution in [1.82, 2.24) is 0 Å². The number of allylic oxidation sites excluding steroid dienone is 1. The number of furan rings is 1. The second-order valence-electron chi connectivity index (χ2n) is 15.9. The van der Waals surface area contributed by atoms with Crippen molar-refractivity contribution in [3.8, 4) is 0 Å². The molecule has 4 aliphatic carbocycles. The Bertz CT molecular complexity index is 1430. The molecule has 5 rings (SSSR count). The first-order valence-electron chi connectivity index (χ1n) is 16.9. The summed E-state index contributed by atoms with van der Waals surface area (Å²) in [4.78, 5) is 51.4. The Morgan fingerprint density at radius 1 is 0.787 bits per heavy atom. The van der Waals surface area contributed by atoms with E-state index in [1.165, 1.54) is 20.8 Å². The maximum Gasteiger partial charge on any atom is 0.335 e. The Morgan fingerprint density at radius 2 is 1.34 bits per heavy atom. The minimum absolute atomic E-state index is 0.0677. The molecule has 10 nitrogen and oxygen atoms in total. The van der Waals surface area contributed by atoms with E-state index >= 15 is 0 Å². The summed E-state index contributed by atoms with van der Waals surface area (Å²) in [6.07, 6.45) is 3.58. The van der Waals surface area contributed by atoms with Crippen LogP contribution in [-0.4, -0.2) is 59.5 Å². The van der Waals surface area contributed by atoms with Gasteiger partial charge in [0.25, 0.3) is 0 Å². The lowest BCUT2D eigenvalue weighted by Gasteiger charge is -2.70. The van der Waals surface area contributed by atoms with Gasteiger partial charge < -0.3 is 28.5 Å². The molecule has 3 saturated carbocycles. The van der Waals surface area contributed by atoms with E-state index in [1.807, 2.05) is 6.07 Å². The van der Waals surface area contributed by atoms with Gasteiger partial charge in [-0.1, -0.05) is 60.1 Å². The molecule has 10 heteroatoms. The van der Waals surface area contributed by atoms with Gasteiger partial charge in [0, 0.05) is 54.8 Å². The molecule has 0 bridgehead atoms. The van der Waals surface area contributed by atoms with Crippen LogP contribution >= 0.6 is 0 Å². The molecule has 11 atom stereocenters. The Labute approximate surface area is 277 Å². The molecule has 0 saturated heterocycles. The van der Waals surface area contributed by atoms with Gasteiger partial charge in [-0.2, -0.15) is 0 Å². The summed E-state index contributed by atoms with van der Waals surface area (Å²) in [6.45, 7) is 18.2. The zero-order valence-corrected chi connectivity index (χ0v) is 29.5. The second kappa shape index (κ2) is 12.1. The number of hydrogen-bond donors (Lipinski definition) is 1. The van der Waals surface area contributed by atoms with Crippen molar-refractivity contribution in [3.63, 3.8) is 0 Å². The monoisotopic (exact) mass is 656 g/mol. The molecule has 0 aliphatic heterocycles. The van der Waals surface area contributed by atoms with Gasteiger partial charge in [-0.25, -0.2) is 4.79 Å². The van der Waals surface area contributed by atoms with E-state index in [2.05, 4.69) is 40.7 Å². The standard InChI is InChI=1S/C37H52O10/c1-19(2)32(41)33(42)47-30-15-26-34(6,7)28(44-20(3)38)17-31(46-22(5)40)37(26,10)27-16-29(45-21(4)39)35(8)24(23-13-14-43-18-23)11-12-25(35)36(27,30)9/h12-14,18-19,24,26-32,41H,11,15-17H2,1-10H3/t24-,26+,27-,28-,29-,30+,31+,32-,35+,36+,37+/m1/s1. The first-order chi connectivity index (χ1) is 21.8. The zero-order valence-electron chi connectivity index (χ0n) is 29.5.